The lowest BCUT2D eigenvalue weighted by Gasteiger charge is -2.17. The molecule has 0 amide bonds. The molecule has 1 saturated heterocycles. The summed E-state index contributed by atoms with van der Waals surface area (Å²) in [5.74, 6) is 1.80. The fourth-order valence-corrected chi connectivity index (χ4v) is 4.12. The summed E-state index contributed by atoms with van der Waals surface area (Å²) in [5.41, 5.74) is 2.18. The molecule has 0 aromatic heterocycles. The normalized spacial score (nSPS) is 17.5. The quantitative estimate of drug-likeness (QED) is 0.199. The lowest BCUT2D eigenvalue weighted by Crippen LogP contribution is -2.40. The van der Waals surface area contributed by atoms with Gasteiger partial charge >= 0.3 is 0 Å². The van der Waals surface area contributed by atoms with E-state index in [2.05, 4.69) is 21.7 Å². The number of nitrogens with zero attached hydrogens (tertiary/aromatic N) is 2. The van der Waals surface area contributed by atoms with E-state index in [1.165, 1.54) is 10.6 Å². The van der Waals surface area contributed by atoms with Crippen LogP contribution in [-0.2, 0) is 21.3 Å². The van der Waals surface area contributed by atoms with Crippen LogP contribution in [0.2, 0.25) is 0 Å². The minimum absolute atomic E-state index is 0. The Hall–Kier alpha value is -1.11. The monoisotopic (exact) mass is 554 g/mol. The summed E-state index contributed by atoms with van der Waals surface area (Å²) in [7, 11) is -1.39. The van der Waals surface area contributed by atoms with Crippen LogP contribution in [0.5, 0.6) is 5.75 Å². The van der Waals surface area contributed by atoms with E-state index in [-0.39, 0.29) is 29.9 Å². The molecule has 8 nitrogen and oxygen atoms in total. The van der Waals surface area contributed by atoms with Crippen LogP contribution in [0.3, 0.4) is 0 Å². The maximum atomic E-state index is 11.6. The lowest BCUT2D eigenvalue weighted by molar-refractivity contribution is 0.110. The molecular formula is C20H35IN4O4S. The molecule has 0 saturated carbocycles. The van der Waals surface area contributed by atoms with Gasteiger partial charge in [0.2, 0.25) is 10.0 Å². The number of ether oxygens (including phenoxy) is 2. The minimum Gasteiger partial charge on any atom is -0.491 e. The summed E-state index contributed by atoms with van der Waals surface area (Å²) < 4.78 is 36.1. The molecule has 10 heteroatoms. The molecule has 1 fully saturated rings. The molecule has 1 aliphatic heterocycles. The number of benzene rings is 1. The Bertz CT molecular complexity index is 789. The Morgan fingerprint density at radius 2 is 2.07 bits per heavy atom. The molecule has 1 heterocycles. The number of nitrogens with one attached hydrogen (secondary N) is 2. The van der Waals surface area contributed by atoms with Gasteiger partial charge in [-0.2, -0.15) is 0 Å². The maximum absolute atomic E-state index is 11.6. The molecule has 0 bridgehead atoms. The molecule has 172 valence electrons. The number of rotatable bonds is 10. The number of aliphatic imine (C=N–C) groups is 1. The third-order valence-corrected chi connectivity index (χ3v) is 6.13. The Kier molecular flexibility index (Phi) is 12.0. The van der Waals surface area contributed by atoms with Crippen LogP contribution in [0, 0.1) is 12.8 Å². The first-order valence-corrected chi connectivity index (χ1v) is 11.9. The van der Waals surface area contributed by atoms with E-state index < -0.39 is 10.0 Å². The second-order valence-electron chi connectivity index (χ2n) is 7.24. The summed E-state index contributed by atoms with van der Waals surface area (Å²) in [4.78, 5) is 4.27. The van der Waals surface area contributed by atoms with Crippen LogP contribution in [-0.4, -0.2) is 71.4 Å². The Labute approximate surface area is 197 Å². The fourth-order valence-electron chi connectivity index (χ4n) is 3.20. The Balaban J connectivity index is 0.00000450. The zero-order valence-electron chi connectivity index (χ0n) is 18.3. The van der Waals surface area contributed by atoms with Crippen molar-refractivity contribution in [2.24, 2.45) is 10.9 Å². The molecule has 1 aromatic carbocycles. The number of aryl methyl sites for hydroxylation is 1. The minimum atomic E-state index is -3.11. The highest BCUT2D eigenvalue weighted by Crippen LogP contribution is 2.20. The number of halogens is 1. The lowest BCUT2D eigenvalue weighted by atomic mass is 10.1. The second-order valence-corrected chi connectivity index (χ2v) is 9.22. The van der Waals surface area contributed by atoms with E-state index >= 15 is 0 Å². The molecule has 1 atom stereocenters. The van der Waals surface area contributed by atoms with Gasteiger partial charge in [0, 0.05) is 45.4 Å². The van der Waals surface area contributed by atoms with Crippen LogP contribution in [0.1, 0.15) is 24.5 Å². The predicted octanol–water partition coefficient (Wildman–Crippen LogP) is 1.97. The average molecular weight is 554 g/mol. The van der Waals surface area contributed by atoms with E-state index in [4.69, 9.17) is 9.47 Å². The van der Waals surface area contributed by atoms with Crippen molar-refractivity contribution in [3.05, 3.63) is 29.3 Å². The van der Waals surface area contributed by atoms with Gasteiger partial charge in [0.25, 0.3) is 0 Å². The average Bonchev–Trinajstić information content (AvgIpc) is 3.16. The van der Waals surface area contributed by atoms with E-state index in [1.807, 2.05) is 26.0 Å². The highest BCUT2D eigenvalue weighted by Gasteiger charge is 2.28. The van der Waals surface area contributed by atoms with Crippen LogP contribution < -0.4 is 15.4 Å². The molecule has 0 spiro atoms. The van der Waals surface area contributed by atoms with Gasteiger partial charge in [-0.15, -0.1) is 24.0 Å². The number of guanidine groups is 1. The molecular weight excluding hydrogens is 519 g/mol. The third kappa shape index (κ3) is 8.94. The molecule has 2 N–H and O–H groups in total. The molecule has 30 heavy (non-hydrogen) atoms. The summed E-state index contributed by atoms with van der Waals surface area (Å²) >= 11 is 0. The molecule has 0 radical (unpaired) electrons. The molecule has 0 aliphatic carbocycles. The first kappa shape index (κ1) is 26.9. The smallest absolute Gasteiger partial charge is 0.211 e. The zero-order chi connectivity index (χ0) is 21.3. The predicted molar refractivity (Wildman–Crippen MR) is 131 cm³/mol. The first-order chi connectivity index (χ1) is 13.8. The molecule has 2 rings (SSSR count). The zero-order valence-corrected chi connectivity index (χ0v) is 21.5. The van der Waals surface area contributed by atoms with Gasteiger partial charge in [-0.05, 0) is 37.8 Å². The molecule has 1 aliphatic rings. The van der Waals surface area contributed by atoms with Crippen LogP contribution in [0.15, 0.2) is 23.2 Å². The van der Waals surface area contributed by atoms with Crippen LogP contribution in [0.4, 0.5) is 0 Å². The highest BCUT2D eigenvalue weighted by atomic mass is 127. The van der Waals surface area contributed by atoms with Crippen molar-refractivity contribution in [1.29, 1.82) is 0 Å². The number of sulfonamides is 1. The van der Waals surface area contributed by atoms with E-state index in [9.17, 15) is 8.42 Å². The summed E-state index contributed by atoms with van der Waals surface area (Å²) in [5, 5.41) is 6.61. The fraction of sp³-hybridized carbons (Fsp3) is 0.650. The van der Waals surface area contributed by atoms with Crippen LogP contribution in [0.25, 0.3) is 0 Å². The van der Waals surface area contributed by atoms with Crippen molar-refractivity contribution < 1.29 is 17.9 Å². The van der Waals surface area contributed by atoms with Crippen molar-refractivity contribution in [2.75, 3.05) is 52.8 Å². The van der Waals surface area contributed by atoms with Crippen LogP contribution >= 0.6 is 24.0 Å². The van der Waals surface area contributed by atoms with E-state index in [0.29, 0.717) is 52.0 Å². The van der Waals surface area contributed by atoms with Gasteiger partial charge < -0.3 is 20.1 Å². The second kappa shape index (κ2) is 13.3. The van der Waals surface area contributed by atoms with Gasteiger partial charge in [0.15, 0.2) is 5.96 Å². The maximum Gasteiger partial charge on any atom is 0.211 e. The largest absolute Gasteiger partial charge is 0.491 e. The number of hydrogen-bond acceptors (Lipinski definition) is 5. The summed E-state index contributed by atoms with van der Waals surface area (Å²) in [6.45, 7) is 8.14. The summed E-state index contributed by atoms with van der Waals surface area (Å²) in [6, 6.07) is 6.13. The topological polar surface area (TPSA) is 92.3 Å². The van der Waals surface area contributed by atoms with E-state index in [0.717, 1.165) is 23.3 Å². The Morgan fingerprint density at radius 1 is 1.30 bits per heavy atom. The molecule has 1 unspecified atom stereocenters. The molecule has 1 aromatic rings. The SMILES string of the molecule is CCOCCOc1cc(C)ccc1CNC(=NC)NCC1CCN(S(C)(=O)=O)C1.I. The van der Waals surface area contributed by atoms with Gasteiger partial charge in [-0.25, -0.2) is 12.7 Å². The van der Waals surface area contributed by atoms with Crippen molar-refractivity contribution in [3.63, 3.8) is 0 Å². The summed E-state index contributed by atoms with van der Waals surface area (Å²) in [6.07, 6.45) is 2.12. The first-order valence-electron chi connectivity index (χ1n) is 10.0. The Morgan fingerprint density at radius 3 is 2.70 bits per heavy atom. The standard InChI is InChI=1S/C20H34N4O4S.HI/c1-5-27-10-11-28-19-12-16(2)6-7-18(19)14-23-20(21-3)22-13-17-8-9-24(15-17)29(4,25)26;/h6-7,12,17H,5,8-11,13-15H2,1-4H3,(H2,21,22,23);1H. The van der Waals surface area contributed by atoms with Crippen molar-refractivity contribution >= 4 is 40.0 Å². The van der Waals surface area contributed by atoms with Crippen molar-refractivity contribution in [2.45, 2.75) is 26.8 Å². The van der Waals surface area contributed by atoms with Crippen molar-refractivity contribution in [3.8, 4) is 5.75 Å². The number of hydrogen-bond donors (Lipinski definition) is 2. The van der Waals surface area contributed by atoms with Crippen molar-refractivity contribution in [1.82, 2.24) is 14.9 Å². The third-order valence-electron chi connectivity index (χ3n) is 4.86. The van der Waals surface area contributed by atoms with Gasteiger partial charge in [-0.3, -0.25) is 4.99 Å². The van der Waals surface area contributed by atoms with Gasteiger partial charge in [0.1, 0.15) is 12.4 Å². The van der Waals surface area contributed by atoms with Gasteiger partial charge in [0.05, 0.1) is 12.9 Å². The van der Waals surface area contributed by atoms with E-state index in [1.54, 1.807) is 7.05 Å². The van der Waals surface area contributed by atoms with Gasteiger partial charge in [-0.1, -0.05) is 12.1 Å². The highest BCUT2D eigenvalue weighted by molar-refractivity contribution is 14.0.